The molecule has 0 bridgehead atoms. The normalized spacial score (nSPS) is 11.0. The molecule has 28 heavy (non-hydrogen) atoms. The average molecular weight is 397 g/mol. The molecule has 7 heteroatoms. The number of hydrogen-bond donors (Lipinski definition) is 1. The molecule has 0 fully saturated rings. The molecule has 1 aromatic heterocycles. The van der Waals surface area contributed by atoms with Gasteiger partial charge in [0.25, 0.3) is 5.91 Å². The third-order valence-electron chi connectivity index (χ3n) is 4.12. The minimum Gasteiger partial charge on any atom is -0.483 e. The van der Waals surface area contributed by atoms with E-state index >= 15 is 0 Å². The molecule has 0 atom stereocenters. The summed E-state index contributed by atoms with van der Waals surface area (Å²) in [6.45, 7) is 5.65. The maximum absolute atomic E-state index is 12.0. The molecule has 144 valence electrons. The SMILES string of the molecule is Cc1ccc(OCC(=O)N/N=C/c2c(C)nn(-c3ccccc3)c2Cl)c(C)c1. The molecule has 1 heterocycles. The number of aromatic nitrogens is 2. The van der Waals surface area contributed by atoms with Crippen LogP contribution in [0.5, 0.6) is 5.75 Å². The summed E-state index contributed by atoms with van der Waals surface area (Å²) < 4.78 is 7.17. The molecule has 1 N–H and O–H groups in total. The molecule has 2 aromatic carbocycles. The Morgan fingerprint density at radius 3 is 2.68 bits per heavy atom. The summed E-state index contributed by atoms with van der Waals surface area (Å²) in [4.78, 5) is 12.0. The zero-order valence-electron chi connectivity index (χ0n) is 15.9. The predicted molar refractivity (Wildman–Crippen MR) is 110 cm³/mol. The van der Waals surface area contributed by atoms with E-state index in [0.29, 0.717) is 22.2 Å². The number of rotatable bonds is 6. The van der Waals surface area contributed by atoms with Crippen molar-refractivity contribution in [1.29, 1.82) is 0 Å². The van der Waals surface area contributed by atoms with Gasteiger partial charge in [-0.05, 0) is 44.5 Å². The van der Waals surface area contributed by atoms with E-state index in [0.717, 1.165) is 16.8 Å². The molecule has 0 spiro atoms. The van der Waals surface area contributed by atoms with Crippen molar-refractivity contribution in [2.45, 2.75) is 20.8 Å². The Bertz CT molecular complexity index is 1010. The van der Waals surface area contributed by atoms with E-state index in [4.69, 9.17) is 16.3 Å². The van der Waals surface area contributed by atoms with Crippen molar-refractivity contribution < 1.29 is 9.53 Å². The van der Waals surface area contributed by atoms with E-state index in [1.165, 1.54) is 6.21 Å². The number of amides is 1. The first-order valence-corrected chi connectivity index (χ1v) is 9.16. The molecule has 0 aliphatic carbocycles. The number of ether oxygens (including phenoxy) is 1. The maximum Gasteiger partial charge on any atom is 0.277 e. The highest BCUT2D eigenvalue weighted by Crippen LogP contribution is 2.22. The van der Waals surface area contributed by atoms with Gasteiger partial charge in [-0.25, -0.2) is 10.1 Å². The van der Waals surface area contributed by atoms with Gasteiger partial charge in [0.2, 0.25) is 0 Å². The second kappa shape index (κ2) is 8.71. The van der Waals surface area contributed by atoms with Crippen LogP contribution >= 0.6 is 11.6 Å². The molecule has 6 nitrogen and oxygen atoms in total. The van der Waals surface area contributed by atoms with Crippen LogP contribution in [-0.4, -0.2) is 28.5 Å². The van der Waals surface area contributed by atoms with Crippen molar-refractivity contribution in [1.82, 2.24) is 15.2 Å². The Balaban J connectivity index is 1.61. The molecule has 0 saturated carbocycles. The van der Waals surface area contributed by atoms with Gasteiger partial charge >= 0.3 is 0 Å². The first-order valence-electron chi connectivity index (χ1n) is 8.78. The van der Waals surface area contributed by atoms with Crippen LogP contribution in [0.15, 0.2) is 53.6 Å². The van der Waals surface area contributed by atoms with Gasteiger partial charge in [-0.15, -0.1) is 0 Å². The van der Waals surface area contributed by atoms with E-state index in [-0.39, 0.29) is 12.5 Å². The predicted octanol–water partition coefficient (Wildman–Crippen LogP) is 3.98. The van der Waals surface area contributed by atoms with Crippen LogP contribution < -0.4 is 10.2 Å². The molecule has 0 saturated heterocycles. The lowest BCUT2D eigenvalue weighted by molar-refractivity contribution is -0.123. The molecule has 3 aromatic rings. The summed E-state index contributed by atoms with van der Waals surface area (Å²) in [5.74, 6) is 0.313. The van der Waals surface area contributed by atoms with Gasteiger partial charge in [0.15, 0.2) is 6.61 Å². The summed E-state index contributed by atoms with van der Waals surface area (Å²) in [5, 5.41) is 8.83. The van der Waals surface area contributed by atoms with E-state index < -0.39 is 0 Å². The fourth-order valence-corrected chi connectivity index (χ4v) is 3.02. The minimum absolute atomic E-state index is 0.128. The van der Waals surface area contributed by atoms with Crippen LogP contribution in [0.4, 0.5) is 0 Å². The number of aryl methyl sites for hydroxylation is 3. The number of hydrazone groups is 1. The van der Waals surface area contributed by atoms with E-state index in [9.17, 15) is 4.79 Å². The summed E-state index contributed by atoms with van der Waals surface area (Å²) in [5.41, 5.74) is 6.76. The average Bonchev–Trinajstić information content (AvgIpc) is 2.96. The van der Waals surface area contributed by atoms with Crippen LogP contribution in [0.2, 0.25) is 5.15 Å². The van der Waals surface area contributed by atoms with Gasteiger partial charge < -0.3 is 4.74 Å². The first kappa shape index (κ1) is 19.6. The molecule has 0 radical (unpaired) electrons. The lowest BCUT2D eigenvalue weighted by Gasteiger charge is -2.08. The van der Waals surface area contributed by atoms with E-state index in [1.807, 2.05) is 69.3 Å². The van der Waals surface area contributed by atoms with Gasteiger partial charge in [-0.3, -0.25) is 4.79 Å². The number of carbonyl (C=O) groups is 1. The third-order valence-corrected chi connectivity index (χ3v) is 4.48. The van der Waals surface area contributed by atoms with Crippen LogP contribution in [-0.2, 0) is 4.79 Å². The Hall–Kier alpha value is -3.12. The second-order valence-electron chi connectivity index (χ2n) is 6.39. The topological polar surface area (TPSA) is 68.5 Å². The quantitative estimate of drug-likeness (QED) is 0.506. The Morgan fingerprint density at radius 1 is 1.21 bits per heavy atom. The van der Waals surface area contributed by atoms with Crippen LogP contribution in [0, 0.1) is 20.8 Å². The number of nitrogens with one attached hydrogen (secondary N) is 1. The number of carbonyl (C=O) groups excluding carboxylic acids is 1. The van der Waals surface area contributed by atoms with Gasteiger partial charge in [0, 0.05) is 0 Å². The highest BCUT2D eigenvalue weighted by atomic mass is 35.5. The smallest absolute Gasteiger partial charge is 0.277 e. The van der Waals surface area contributed by atoms with Crippen LogP contribution in [0.3, 0.4) is 0 Å². The van der Waals surface area contributed by atoms with Gasteiger partial charge in [0.05, 0.1) is 23.2 Å². The summed E-state index contributed by atoms with van der Waals surface area (Å²) in [7, 11) is 0. The number of nitrogens with zero attached hydrogens (tertiary/aromatic N) is 3. The highest BCUT2D eigenvalue weighted by Gasteiger charge is 2.13. The van der Waals surface area contributed by atoms with E-state index in [1.54, 1.807) is 4.68 Å². The molecule has 1 amide bonds. The number of benzene rings is 2. The van der Waals surface area contributed by atoms with Crippen molar-refractivity contribution in [2.24, 2.45) is 5.10 Å². The third kappa shape index (κ3) is 4.58. The van der Waals surface area contributed by atoms with Gasteiger partial charge in [-0.2, -0.15) is 10.2 Å². The molecular weight excluding hydrogens is 376 g/mol. The zero-order valence-corrected chi connectivity index (χ0v) is 16.7. The lowest BCUT2D eigenvalue weighted by Crippen LogP contribution is -2.24. The van der Waals surface area contributed by atoms with E-state index in [2.05, 4.69) is 15.6 Å². The fourth-order valence-electron chi connectivity index (χ4n) is 2.70. The van der Waals surface area contributed by atoms with Crippen molar-refractivity contribution in [2.75, 3.05) is 6.61 Å². The van der Waals surface area contributed by atoms with Gasteiger partial charge in [-0.1, -0.05) is 47.5 Å². The molecule has 0 unspecified atom stereocenters. The first-order chi connectivity index (χ1) is 13.5. The largest absolute Gasteiger partial charge is 0.483 e. The number of hydrogen-bond acceptors (Lipinski definition) is 4. The molecule has 0 aliphatic rings. The Kier molecular flexibility index (Phi) is 6.11. The molecule has 0 aliphatic heterocycles. The standard InChI is InChI=1S/C21H21ClN4O2/c1-14-9-10-19(15(2)11-14)28-13-20(27)24-23-12-18-16(3)25-26(21(18)22)17-7-5-4-6-8-17/h4-12H,13H2,1-3H3,(H,24,27)/b23-12+. The highest BCUT2D eigenvalue weighted by molar-refractivity contribution is 6.32. The van der Waals surface area contributed by atoms with Crippen LogP contribution in [0.1, 0.15) is 22.4 Å². The maximum atomic E-state index is 12.0. The van der Waals surface area contributed by atoms with Crippen LogP contribution in [0.25, 0.3) is 5.69 Å². The molecular formula is C21H21ClN4O2. The van der Waals surface area contributed by atoms with Gasteiger partial charge in [0.1, 0.15) is 10.9 Å². The second-order valence-corrected chi connectivity index (χ2v) is 6.75. The summed E-state index contributed by atoms with van der Waals surface area (Å²) >= 11 is 6.42. The fraction of sp³-hybridized carbons (Fsp3) is 0.190. The summed E-state index contributed by atoms with van der Waals surface area (Å²) in [6.07, 6.45) is 1.49. The Morgan fingerprint density at radius 2 is 1.96 bits per heavy atom. The number of halogens is 1. The monoisotopic (exact) mass is 396 g/mol. The van der Waals surface area contributed by atoms with Crippen molar-refractivity contribution in [3.05, 3.63) is 76.1 Å². The van der Waals surface area contributed by atoms with Crippen molar-refractivity contribution >= 4 is 23.7 Å². The van der Waals surface area contributed by atoms with Crippen molar-refractivity contribution in [3.63, 3.8) is 0 Å². The lowest BCUT2D eigenvalue weighted by atomic mass is 10.1. The summed E-state index contributed by atoms with van der Waals surface area (Å²) in [6, 6.07) is 15.3. The minimum atomic E-state index is -0.361. The zero-order chi connectivity index (χ0) is 20.1. The van der Waals surface area contributed by atoms with Crippen molar-refractivity contribution in [3.8, 4) is 11.4 Å². The Labute approximate surface area is 168 Å². The molecule has 3 rings (SSSR count). The number of para-hydroxylation sites is 1.